The Hall–Kier alpha value is -1.94. The van der Waals surface area contributed by atoms with Gasteiger partial charge in [0.25, 0.3) is 0 Å². The fourth-order valence-corrected chi connectivity index (χ4v) is 2.11. The molecule has 20 heavy (non-hydrogen) atoms. The van der Waals surface area contributed by atoms with Gasteiger partial charge in [0.15, 0.2) is 0 Å². The van der Waals surface area contributed by atoms with Gasteiger partial charge >= 0.3 is 0 Å². The molecule has 2 aromatic carbocycles. The summed E-state index contributed by atoms with van der Waals surface area (Å²) in [7, 11) is 0. The summed E-state index contributed by atoms with van der Waals surface area (Å²) < 4.78 is 14.4. The monoisotopic (exact) mass is 333 g/mol. The molecule has 102 valence electrons. The van der Waals surface area contributed by atoms with E-state index in [0.29, 0.717) is 0 Å². The molecular weight excluding hydrogens is 321 g/mol. The van der Waals surface area contributed by atoms with Crippen molar-refractivity contribution in [3.63, 3.8) is 0 Å². The molecular formula is C16H13BrFNO. The van der Waals surface area contributed by atoms with Gasteiger partial charge in [-0.3, -0.25) is 4.79 Å². The Balaban J connectivity index is 2.07. The molecule has 0 aliphatic heterocycles. The van der Waals surface area contributed by atoms with Gasteiger partial charge in [-0.2, -0.15) is 0 Å². The van der Waals surface area contributed by atoms with Gasteiger partial charge in [-0.15, -0.1) is 0 Å². The van der Waals surface area contributed by atoms with Crippen LogP contribution in [0.3, 0.4) is 0 Å². The van der Waals surface area contributed by atoms with Crippen molar-refractivity contribution < 1.29 is 9.18 Å². The molecule has 1 amide bonds. The van der Waals surface area contributed by atoms with E-state index in [1.807, 2.05) is 31.2 Å². The van der Waals surface area contributed by atoms with Gasteiger partial charge in [0.1, 0.15) is 5.82 Å². The Morgan fingerprint density at radius 2 is 2.05 bits per heavy atom. The van der Waals surface area contributed by atoms with E-state index >= 15 is 0 Å². The molecule has 2 nitrogen and oxygen atoms in total. The second-order valence-corrected chi connectivity index (χ2v) is 5.28. The van der Waals surface area contributed by atoms with E-state index in [0.717, 1.165) is 15.6 Å². The van der Waals surface area contributed by atoms with Crippen LogP contribution in [-0.2, 0) is 4.79 Å². The summed E-state index contributed by atoms with van der Waals surface area (Å²) in [4.78, 5) is 11.8. The SMILES string of the molecule is Cc1ccc(F)c(NC(=O)/C=C/c2cccc(Br)c2)c1. The molecule has 0 unspecified atom stereocenters. The number of anilines is 1. The standard InChI is InChI=1S/C16H13BrFNO/c1-11-5-7-14(18)15(9-11)19-16(20)8-6-12-3-2-4-13(17)10-12/h2-10H,1H3,(H,19,20)/b8-6+. The molecule has 1 N–H and O–H groups in total. The summed E-state index contributed by atoms with van der Waals surface area (Å²) in [6.07, 6.45) is 3.05. The molecule has 0 radical (unpaired) electrons. The van der Waals surface area contributed by atoms with Crippen molar-refractivity contribution in [3.05, 3.63) is 70.0 Å². The molecule has 0 saturated carbocycles. The zero-order valence-corrected chi connectivity index (χ0v) is 12.4. The minimum absolute atomic E-state index is 0.189. The van der Waals surface area contributed by atoms with Crippen LogP contribution in [0.5, 0.6) is 0 Å². The summed E-state index contributed by atoms with van der Waals surface area (Å²) in [5.41, 5.74) is 1.96. The lowest BCUT2D eigenvalue weighted by Gasteiger charge is -2.04. The number of rotatable bonds is 3. The maximum absolute atomic E-state index is 13.5. The van der Waals surface area contributed by atoms with Crippen molar-refractivity contribution >= 4 is 33.6 Å². The second kappa shape index (κ2) is 6.48. The summed E-state index contributed by atoms with van der Waals surface area (Å²) in [6, 6.07) is 12.1. The Morgan fingerprint density at radius 3 is 2.80 bits per heavy atom. The number of hydrogen-bond acceptors (Lipinski definition) is 1. The molecule has 2 rings (SSSR count). The second-order valence-electron chi connectivity index (χ2n) is 4.36. The van der Waals surface area contributed by atoms with Crippen molar-refractivity contribution in [1.82, 2.24) is 0 Å². The minimum Gasteiger partial charge on any atom is -0.320 e. The third-order valence-corrected chi connectivity index (χ3v) is 3.15. The fourth-order valence-electron chi connectivity index (χ4n) is 1.69. The molecule has 0 bridgehead atoms. The predicted octanol–water partition coefficient (Wildman–Crippen LogP) is 4.55. The Kier molecular flexibility index (Phi) is 4.69. The van der Waals surface area contributed by atoms with Crippen LogP contribution in [0.2, 0.25) is 0 Å². The van der Waals surface area contributed by atoms with Crippen LogP contribution in [-0.4, -0.2) is 5.91 Å². The molecule has 0 atom stereocenters. The van der Waals surface area contributed by atoms with E-state index in [2.05, 4.69) is 21.2 Å². The third-order valence-electron chi connectivity index (χ3n) is 2.66. The largest absolute Gasteiger partial charge is 0.320 e. The number of amides is 1. The summed E-state index contributed by atoms with van der Waals surface area (Å²) in [5, 5.41) is 2.52. The number of nitrogens with one attached hydrogen (secondary N) is 1. The molecule has 4 heteroatoms. The lowest BCUT2D eigenvalue weighted by atomic mass is 10.2. The van der Waals surface area contributed by atoms with Crippen LogP contribution in [0.1, 0.15) is 11.1 Å². The van der Waals surface area contributed by atoms with Crippen LogP contribution >= 0.6 is 15.9 Å². The normalized spacial score (nSPS) is 10.8. The van der Waals surface area contributed by atoms with Crippen molar-refractivity contribution in [2.75, 3.05) is 5.32 Å². The van der Waals surface area contributed by atoms with E-state index in [9.17, 15) is 9.18 Å². The number of hydrogen-bond donors (Lipinski definition) is 1. The third kappa shape index (κ3) is 4.03. The van der Waals surface area contributed by atoms with Gasteiger partial charge in [0.2, 0.25) is 5.91 Å². The fraction of sp³-hybridized carbons (Fsp3) is 0.0625. The highest BCUT2D eigenvalue weighted by molar-refractivity contribution is 9.10. The van der Waals surface area contributed by atoms with E-state index in [4.69, 9.17) is 0 Å². The topological polar surface area (TPSA) is 29.1 Å². The first-order valence-corrected chi connectivity index (χ1v) is 6.85. The zero-order chi connectivity index (χ0) is 14.5. The number of aryl methyl sites for hydroxylation is 1. The highest BCUT2D eigenvalue weighted by atomic mass is 79.9. The van der Waals surface area contributed by atoms with Crippen molar-refractivity contribution in [3.8, 4) is 0 Å². The summed E-state index contributed by atoms with van der Waals surface area (Å²) in [6.45, 7) is 1.84. The average molecular weight is 334 g/mol. The summed E-state index contributed by atoms with van der Waals surface area (Å²) in [5.74, 6) is -0.811. The Morgan fingerprint density at radius 1 is 1.25 bits per heavy atom. The van der Waals surface area contributed by atoms with Gasteiger partial charge in [0, 0.05) is 10.5 Å². The first kappa shape index (κ1) is 14.5. The van der Waals surface area contributed by atoms with Crippen molar-refractivity contribution in [2.45, 2.75) is 6.92 Å². The van der Waals surface area contributed by atoms with Gasteiger partial charge in [-0.1, -0.05) is 34.1 Å². The Labute approximate surface area is 125 Å². The van der Waals surface area contributed by atoms with Crippen LogP contribution < -0.4 is 5.32 Å². The molecule has 0 aliphatic rings. The van der Waals surface area contributed by atoms with Gasteiger partial charge in [-0.25, -0.2) is 4.39 Å². The average Bonchev–Trinajstić information content (AvgIpc) is 2.41. The highest BCUT2D eigenvalue weighted by Crippen LogP contribution is 2.16. The van der Waals surface area contributed by atoms with Crippen molar-refractivity contribution in [1.29, 1.82) is 0 Å². The smallest absolute Gasteiger partial charge is 0.248 e. The van der Waals surface area contributed by atoms with E-state index < -0.39 is 5.82 Å². The van der Waals surface area contributed by atoms with Gasteiger partial charge < -0.3 is 5.32 Å². The maximum atomic E-state index is 13.5. The molecule has 0 aromatic heterocycles. The lowest BCUT2D eigenvalue weighted by Crippen LogP contribution is -2.09. The number of benzene rings is 2. The first-order chi connectivity index (χ1) is 9.54. The van der Waals surface area contributed by atoms with Crippen LogP contribution in [0.25, 0.3) is 6.08 Å². The molecule has 0 saturated heterocycles. The maximum Gasteiger partial charge on any atom is 0.248 e. The van der Waals surface area contributed by atoms with Crippen LogP contribution in [0, 0.1) is 12.7 Å². The molecule has 0 aliphatic carbocycles. The number of halogens is 2. The van der Waals surface area contributed by atoms with E-state index in [-0.39, 0.29) is 11.6 Å². The van der Waals surface area contributed by atoms with Gasteiger partial charge in [0.05, 0.1) is 5.69 Å². The lowest BCUT2D eigenvalue weighted by molar-refractivity contribution is -0.111. The molecule has 0 fully saturated rings. The van der Waals surface area contributed by atoms with Crippen molar-refractivity contribution in [2.24, 2.45) is 0 Å². The molecule has 0 spiro atoms. The van der Waals surface area contributed by atoms with Gasteiger partial charge in [-0.05, 0) is 48.4 Å². The zero-order valence-electron chi connectivity index (χ0n) is 10.9. The summed E-state index contributed by atoms with van der Waals surface area (Å²) >= 11 is 3.36. The Bertz CT molecular complexity index is 667. The predicted molar refractivity (Wildman–Crippen MR) is 82.9 cm³/mol. The first-order valence-electron chi connectivity index (χ1n) is 6.05. The number of carbonyl (C=O) groups excluding carboxylic acids is 1. The van der Waals surface area contributed by atoms with E-state index in [1.165, 1.54) is 12.1 Å². The minimum atomic E-state index is -0.445. The quantitative estimate of drug-likeness (QED) is 0.820. The van der Waals surface area contributed by atoms with Crippen LogP contribution in [0.15, 0.2) is 53.0 Å². The molecule has 2 aromatic rings. The van der Waals surface area contributed by atoms with E-state index in [1.54, 1.807) is 18.2 Å². The highest BCUT2D eigenvalue weighted by Gasteiger charge is 2.04. The van der Waals surface area contributed by atoms with Crippen LogP contribution in [0.4, 0.5) is 10.1 Å². The number of carbonyl (C=O) groups is 1. The molecule has 0 heterocycles.